The number of carbonyl (C=O) groups excluding carboxylic acids is 3. The quantitative estimate of drug-likeness (QED) is 0.785. The zero-order valence-corrected chi connectivity index (χ0v) is 14.6. The predicted molar refractivity (Wildman–Crippen MR) is 91.3 cm³/mol. The molecule has 0 bridgehead atoms. The fraction of sp³-hybridized carbons (Fsp3) is 0.500. The zero-order valence-electron chi connectivity index (χ0n) is 14.6. The van der Waals surface area contributed by atoms with Crippen LogP contribution in [0, 0.1) is 0 Å². The molecule has 1 heterocycles. The van der Waals surface area contributed by atoms with Gasteiger partial charge in [-0.25, -0.2) is 0 Å². The zero-order chi connectivity index (χ0) is 18.2. The minimum Gasteiger partial charge on any atom is -0.497 e. The summed E-state index contributed by atoms with van der Waals surface area (Å²) in [4.78, 5) is 37.1. The molecule has 0 radical (unpaired) electrons. The molecule has 7 nitrogen and oxygen atoms in total. The van der Waals surface area contributed by atoms with Crippen LogP contribution in [0.25, 0.3) is 0 Å². The van der Waals surface area contributed by atoms with Gasteiger partial charge in [0.2, 0.25) is 5.91 Å². The Bertz CT molecular complexity index is 606. The van der Waals surface area contributed by atoms with Crippen LogP contribution in [0.2, 0.25) is 0 Å². The van der Waals surface area contributed by atoms with E-state index in [4.69, 9.17) is 4.74 Å². The van der Waals surface area contributed by atoms with Gasteiger partial charge >= 0.3 is 5.97 Å². The van der Waals surface area contributed by atoms with Gasteiger partial charge in [-0.3, -0.25) is 14.4 Å². The van der Waals surface area contributed by atoms with E-state index in [0.29, 0.717) is 37.2 Å². The highest BCUT2D eigenvalue weighted by Gasteiger charge is 2.24. The number of esters is 1. The molecule has 0 saturated carbocycles. The molecular formula is C18H24N2O5. The molecule has 0 aromatic heterocycles. The Morgan fingerprint density at radius 1 is 1.08 bits per heavy atom. The molecule has 0 spiro atoms. The van der Waals surface area contributed by atoms with E-state index in [1.54, 1.807) is 36.3 Å². The third-order valence-electron chi connectivity index (χ3n) is 4.27. The molecule has 2 rings (SSSR count). The van der Waals surface area contributed by atoms with Gasteiger partial charge in [-0.15, -0.1) is 0 Å². The van der Waals surface area contributed by atoms with Crippen LogP contribution in [-0.4, -0.2) is 56.0 Å². The van der Waals surface area contributed by atoms with Crippen LogP contribution in [0.4, 0.5) is 0 Å². The van der Waals surface area contributed by atoms with Crippen molar-refractivity contribution >= 4 is 17.8 Å². The van der Waals surface area contributed by atoms with Crippen molar-refractivity contribution in [1.82, 2.24) is 10.2 Å². The lowest BCUT2D eigenvalue weighted by molar-refractivity contribution is -0.142. The number of methoxy groups -OCH3 is 2. The molecule has 2 amide bonds. The molecule has 1 aliphatic rings. The number of amides is 2. The topological polar surface area (TPSA) is 84.9 Å². The second-order valence-electron chi connectivity index (χ2n) is 5.94. The maximum Gasteiger partial charge on any atom is 0.306 e. The van der Waals surface area contributed by atoms with Crippen LogP contribution >= 0.6 is 0 Å². The highest BCUT2D eigenvalue weighted by molar-refractivity contribution is 5.94. The summed E-state index contributed by atoms with van der Waals surface area (Å²) >= 11 is 0. The molecule has 25 heavy (non-hydrogen) atoms. The number of ether oxygens (including phenoxy) is 2. The third kappa shape index (κ3) is 5.48. The molecular weight excluding hydrogens is 324 g/mol. The molecule has 1 aromatic carbocycles. The Balaban J connectivity index is 1.77. The minimum absolute atomic E-state index is 0.0156. The van der Waals surface area contributed by atoms with Gasteiger partial charge < -0.3 is 19.7 Å². The standard InChI is InChI=1S/C18H24N2O5/c1-24-15-5-3-13(4-6-15)18(23)20-11-9-14(10-12-20)19-16(21)7-8-17(22)25-2/h3-6,14H,7-12H2,1-2H3,(H,19,21). The fourth-order valence-corrected chi connectivity index (χ4v) is 2.76. The number of carbonyl (C=O) groups is 3. The third-order valence-corrected chi connectivity index (χ3v) is 4.27. The Hall–Kier alpha value is -2.57. The van der Waals surface area contributed by atoms with Gasteiger partial charge in [0.25, 0.3) is 5.91 Å². The van der Waals surface area contributed by atoms with Crippen molar-refractivity contribution in [3.8, 4) is 5.75 Å². The maximum atomic E-state index is 12.5. The van der Waals surface area contributed by atoms with Crippen molar-refractivity contribution in [3.63, 3.8) is 0 Å². The Kier molecular flexibility index (Phi) is 6.80. The molecule has 0 aliphatic carbocycles. The summed E-state index contributed by atoms with van der Waals surface area (Å²) in [7, 11) is 2.89. The lowest BCUT2D eigenvalue weighted by Crippen LogP contribution is -2.46. The van der Waals surface area contributed by atoms with Crippen LogP contribution < -0.4 is 10.1 Å². The molecule has 1 N–H and O–H groups in total. The highest BCUT2D eigenvalue weighted by atomic mass is 16.5. The summed E-state index contributed by atoms with van der Waals surface area (Å²) in [6, 6.07) is 7.07. The van der Waals surface area contributed by atoms with E-state index in [9.17, 15) is 14.4 Å². The van der Waals surface area contributed by atoms with Crippen molar-refractivity contribution in [2.45, 2.75) is 31.7 Å². The maximum absolute atomic E-state index is 12.5. The number of piperidine rings is 1. The Morgan fingerprint density at radius 2 is 1.72 bits per heavy atom. The van der Waals surface area contributed by atoms with E-state index in [1.807, 2.05) is 0 Å². The van der Waals surface area contributed by atoms with Gasteiger partial charge in [-0.2, -0.15) is 0 Å². The van der Waals surface area contributed by atoms with E-state index in [0.717, 1.165) is 0 Å². The largest absolute Gasteiger partial charge is 0.497 e. The van der Waals surface area contributed by atoms with E-state index in [1.165, 1.54) is 7.11 Å². The van der Waals surface area contributed by atoms with E-state index in [2.05, 4.69) is 10.1 Å². The molecule has 0 unspecified atom stereocenters. The Morgan fingerprint density at radius 3 is 2.28 bits per heavy atom. The molecule has 1 fully saturated rings. The fourth-order valence-electron chi connectivity index (χ4n) is 2.76. The number of likely N-dealkylation sites (tertiary alicyclic amines) is 1. The number of hydrogen-bond donors (Lipinski definition) is 1. The molecule has 136 valence electrons. The number of hydrogen-bond acceptors (Lipinski definition) is 5. The summed E-state index contributed by atoms with van der Waals surface area (Å²) in [6.07, 6.45) is 1.60. The van der Waals surface area contributed by atoms with Crippen molar-refractivity contribution in [2.75, 3.05) is 27.3 Å². The second-order valence-corrected chi connectivity index (χ2v) is 5.94. The van der Waals surface area contributed by atoms with Crippen molar-refractivity contribution in [1.29, 1.82) is 0 Å². The summed E-state index contributed by atoms with van der Waals surface area (Å²) in [5.41, 5.74) is 0.626. The smallest absolute Gasteiger partial charge is 0.306 e. The van der Waals surface area contributed by atoms with Crippen LogP contribution in [0.3, 0.4) is 0 Å². The van der Waals surface area contributed by atoms with Gasteiger partial charge in [0.05, 0.1) is 20.6 Å². The van der Waals surface area contributed by atoms with Crippen LogP contribution in [-0.2, 0) is 14.3 Å². The average molecular weight is 348 g/mol. The second kappa shape index (κ2) is 9.05. The first-order valence-corrected chi connectivity index (χ1v) is 8.33. The minimum atomic E-state index is -0.393. The number of benzene rings is 1. The summed E-state index contributed by atoms with van der Waals surface area (Å²) in [5, 5.41) is 2.91. The van der Waals surface area contributed by atoms with E-state index in [-0.39, 0.29) is 30.7 Å². The lowest BCUT2D eigenvalue weighted by Gasteiger charge is -2.32. The summed E-state index contributed by atoms with van der Waals surface area (Å²) < 4.78 is 9.61. The lowest BCUT2D eigenvalue weighted by atomic mass is 10.0. The number of nitrogens with one attached hydrogen (secondary N) is 1. The first kappa shape index (κ1) is 18.8. The molecule has 1 aliphatic heterocycles. The van der Waals surface area contributed by atoms with Crippen LogP contribution in [0.5, 0.6) is 5.75 Å². The Labute approximate surface area is 147 Å². The van der Waals surface area contributed by atoms with Gasteiger partial charge in [0.1, 0.15) is 5.75 Å². The first-order valence-electron chi connectivity index (χ1n) is 8.33. The summed E-state index contributed by atoms with van der Waals surface area (Å²) in [5.74, 6) is 0.142. The van der Waals surface area contributed by atoms with Gasteiger partial charge in [-0.1, -0.05) is 0 Å². The molecule has 7 heteroatoms. The molecule has 1 saturated heterocycles. The van der Waals surface area contributed by atoms with Gasteiger partial charge in [0.15, 0.2) is 0 Å². The van der Waals surface area contributed by atoms with E-state index < -0.39 is 5.97 Å². The number of nitrogens with zero attached hydrogens (tertiary/aromatic N) is 1. The van der Waals surface area contributed by atoms with Crippen molar-refractivity contribution < 1.29 is 23.9 Å². The van der Waals surface area contributed by atoms with Crippen LogP contribution in [0.1, 0.15) is 36.0 Å². The van der Waals surface area contributed by atoms with Gasteiger partial charge in [-0.05, 0) is 37.1 Å². The average Bonchev–Trinajstić information content (AvgIpc) is 2.66. The first-order chi connectivity index (χ1) is 12.0. The number of rotatable bonds is 6. The predicted octanol–water partition coefficient (Wildman–Crippen LogP) is 1.37. The summed E-state index contributed by atoms with van der Waals surface area (Å²) in [6.45, 7) is 1.18. The van der Waals surface area contributed by atoms with Crippen molar-refractivity contribution in [2.24, 2.45) is 0 Å². The SMILES string of the molecule is COC(=O)CCC(=O)NC1CCN(C(=O)c2ccc(OC)cc2)CC1. The highest BCUT2D eigenvalue weighted by Crippen LogP contribution is 2.17. The molecule has 1 aromatic rings. The normalized spacial score (nSPS) is 14.7. The van der Waals surface area contributed by atoms with Crippen molar-refractivity contribution in [3.05, 3.63) is 29.8 Å². The van der Waals surface area contributed by atoms with Gasteiger partial charge in [0, 0.05) is 31.1 Å². The van der Waals surface area contributed by atoms with Crippen LogP contribution in [0.15, 0.2) is 24.3 Å². The monoisotopic (exact) mass is 348 g/mol. The molecule has 0 atom stereocenters. The van der Waals surface area contributed by atoms with E-state index >= 15 is 0 Å².